The molecule has 4 aromatic rings. The summed E-state index contributed by atoms with van der Waals surface area (Å²) >= 11 is 0. The van der Waals surface area contributed by atoms with E-state index < -0.39 is 18.2 Å². The number of benzene rings is 3. The minimum absolute atomic E-state index is 0.0111. The summed E-state index contributed by atoms with van der Waals surface area (Å²) in [5, 5.41) is 54.4. The number of rotatable bonds is 7. The highest BCUT2D eigenvalue weighted by Gasteiger charge is 2.48. The highest BCUT2D eigenvalue weighted by Crippen LogP contribution is 2.57. The predicted octanol–water partition coefficient (Wildman–Crippen LogP) is 6.11. The molecule has 8 atom stereocenters. The highest BCUT2D eigenvalue weighted by molar-refractivity contribution is 5.94. The van der Waals surface area contributed by atoms with E-state index in [1.54, 1.807) is 18.2 Å². The molecule has 2 bridgehead atoms. The van der Waals surface area contributed by atoms with Gasteiger partial charge in [0, 0.05) is 42.2 Å². The second kappa shape index (κ2) is 16.9. The zero-order chi connectivity index (χ0) is 40.5. The number of esters is 1. The Morgan fingerprint density at radius 1 is 0.948 bits per heavy atom. The molecule has 8 rings (SSSR count). The maximum atomic E-state index is 14.6. The molecule has 0 saturated heterocycles. The van der Waals surface area contributed by atoms with E-state index in [-0.39, 0.29) is 91.7 Å². The van der Waals surface area contributed by atoms with Gasteiger partial charge in [-0.05, 0) is 114 Å². The molecule has 11 nitrogen and oxygen atoms in total. The van der Waals surface area contributed by atoms with Crippen LogP contribution in [0, 0.1) is 35.5 Å². The number of cyclic esters (lactones) is 1. The van der Waals surface area contributed by atoms with Crippen LogP contribution in [0.15, 0.2) is 60.7 Å². The molecule has 8 unspecified atom stereocenters. The summed E-state index contributed by atoms with van der Waals surface area (Å²) in [6.07, 6.45) is 3.48. The van der Waals surface area contributed by atoms with Crippen molar-refractivity contribution in [2.75, 3.05) is 20.3 Å². The smallest absolute Gasteiger partial charge is 0.318 e. The number of phenols is 2. The van der Waals surface area contributed by atoms with E-state index >= 15 is 0 Å². The van der Waals surface area contributed by atoms with Crippen LogP contribution < -0.4 is 9.47 Å². The van der Waals surface area contributed by atoms with Gasteiger partial charge in [0.1, 0.15) is 24.9 Å². The maximum Gasteiger partial charge on any atom is 0.318 e. The first kappa shape index (κ1) is 39.5. The lowest BCUT2D eigenvalue weighted by Gasteiger charge is -2.49. The topological polar surface area (TPSA) is 179 Å². The quantitative estimate of drug-likeness (QED) is 0.0947. The van der Waals surface area contributed by atoms with Crippen LogP contribution in [-0.2, 0) is 27.2 Å². The van der Waals surface area contributed by atoms with Crippen LogP contribution in [0.2, 0.25) is 0 Å². The van der Waals surface area contributed by atoms with Crippen molar-refractivity contribution in [1.82, 2.24) is 4.98 Å². The predicted molar refractivity (Wildman–Crippen MR) is 216 cm³/mol. The van der Waals surface area contributed by atoms with Crippen molar-refractivity contribution < 1.29 is 49.3 Å². The molecule has 6 N–H and O–H groups in total. The van der Waals surface area contributed by atoms with Gasteiger partial charge in [-0.15, -0.1) is 0 Å². The van der Waals surface area contributed by atoms with E-state index in [9.17, 15) is 35.1 Å². The Morgan fingerprint density at radius 3 is 2.60 bits per heavy atom. The Morgan fingerprint density at radius 2 is 1.78 bits per heavy atom. The number of hydrogen-bond acceptors (Lipinski definition) is 10. The molecule has 4 aliphatic rings. The van der Waals surface area contributed by atoms with Gasteiger partial charge in [-0.1, -0.05) is 42.2 Å². The number of aliphatic hydroxyl groups is 3. The van der Waals surface area contributed by atoms with Crippen molar-refractivity contribution in [3.05, 3.63) is 88.6 Å². The number of allylic oxidation sites excluding steroid dienone is 1. The molecule has 11 heteroatoms. The number of carbonyl (C=O) groups is 2. The largest absolute Gasteiger partial charge is 0.504 e. The summed E-state index contributed by atoms with van der Waals surface area (Å²) < 4.78 is 17.1. The van der Waals surface area contributed by atoms with Crippen molar-refractivity contribution in [2.45, 2.75) is 88.4 Å². The molecule has 3 aliphatic carbocycles. The molecule has 304 valence electrons. The van der Waals surface area contributed by atoms with Gasteiger partial charge in [-0.3, -0.25) is 9.59 Å². The first-order valence-electron chi connectivity index (χ1n) is 20.4. The Balaban J connectivity index is 1.25. The molecule has 2 heterocycles. The Kier molecular flexibility index (Phi) is 11.5. The molecule has 2 saturated carbocycles. The minimum atomic E-state index is -1.29. The second-order valence-corrected chi connectivity index (χ2v) is 16.4. The van der Waals surface area contributed by atoms with Crippen molar-refractivity contribution >= 4 is 28.2 Å². The fraction of sp³-hybridized carbons (Fsp3) is 0.447. The molecule has 0 radical (unpaired) electrons. The number of H-pyrrole nitrogens is 1. The number of methoxy groups -OCH3 is 1. The Hall–Kier alpha value is -5.28. The molecular formula is C47H51NO10. The van der Waals surface area contributed by atoms with Crippen LogP contribution in [0.1, 0.15) is 85.2 Å². The van der Waals surface area contributed by atoms with Gasteiger partial charge in [0.15, 0.2) is 23.0 Å². The maximum absolute atomic E-state index is 14.6. The molecule has 1 aliphatic heterocycles. The number of para-hydroxylation sites is 1. The second-order valence-electron chi connectivity index (χ2n) is 16.4. The summed E-state index contributed by atoms with van der Waals surface area (Å²) in [7, 11) is 1.51. The summed E-state index contributed by atoms with van der Waals surface area (Å²) in [5.41, 5.74) is 5.96. The van der Waals surface area contributed by atoms with E-state index in [2.05, 4.69) is 22.9 Å². The van der Waals surface area contributed by atoms with Crippen molar-refractivity contribution in [3.8, 4) is 34.8 Å². The molecule has 0 amide bonds. The number of nitrogens with one attached hydrogen (secondary N) is 1. The number of Topliss-reactive ketones (excluding diaryl/α,β-unsaturated/α-hetero) is 1. The van der Waals surface area contributed by atoms with Gasteiger partial charge in [-0.25, -0.2) is 0 Å². The van der Waals surface area contributed by atoms with Crippen LogP contribution >= 0.6 is 0 Å². The summed E-state index contributed by atoms with van der Waals surface area (Å²) in [5.74, 6) is 5.92. The number of ether oxygens (including phenoxy) is 3. The SMILES string of the molecule is COc1cc2c(cc1O)C1=CC3CCC4CC(O)CCC4C3C2CC(=O)CC(C(O)Cc2ccc(O)c(OCCO)c2)OC(=O)CC#CCc2c1[nH]c1ccccc21. The van der Waals surface area contributed by atoms with Crippen LogP contribution in [0.3, 0.4) is 0 Å². The summed E-state index contributed by atoms with van der Waals surface area (Å²) in [6, 6.07) is 16.2. The molecule has 58 heavy (non-hydrogen) atoms. The summed E-state index contributed by atoms with van der Waals surface area (Å²) in [6.45, 7) is -0.284. The first-order valence-corrected chi connectivity index (χ1v) is 20.4. The third-order valence-corrected chi connectivity index (χ3v) is 12.9. The normalized spacial score (nSPS) is 26.4. The Labute approximate surface area is 337 Å². The number of hydrogen-bond donors (Lipinski definition) is 6. The van der Waals surface area contributed by atoms with Gasteiger partial charge in [-0.2, -0.15) is 0 Å². The molecule has 0 spiro atoms. The minimum Gasteiger partial charge on any atom is -0.504 e. The lowest BCUT2D eigenvalue weighted by Crippen LogP contribution is -2.42. The highest BCUT2D eigenvalue weighted by atomic mass is 16.6. The fourth-order valence-electron chi connectivity index (χ4n) is 10.3. The van der Waals surface area contributed by atoms with Gasteiger partial charge in [0.2, 0.25) is 0 Å². The van der Waals surface area contributed by atoms with Gasteiger partial charge >= 0.3 is 5.97 Å². The van der Waals surface area contributed by atoms with Crippen LogP contribution in [0.4, 0.5) is 0 Å². The van der Waals surface area contributed by atoms with Gasteiger partial charge < -0.3 is 44.7 Å². The molecular weight excluding hydrogens is 739 g/mol. The van der Waals surface area contributed by atoms with Crippen LogP contribution in [-0.4, -0.2) is 80.9 Å². The third-order valence-electron chi connectivity index (χ3n) is 12.9. The zero-order valence-electron chi connectivity index (χ0n) is 32.7. The first-order chi connectivity index (χ1) is 28.1. The average Bonchev–Trinajstić information content (AvgIpc) is 3.52. The molecule has 2 fully saturated rings. The number of aromatic nitrogens is 1. The Bertz CT molecular complexity index is 2280. The van der Waals surface area contributed by atoms with E-state index in [4.69, 9.17) is 14.2 Å². The number of carbonyl (C=O) groups excluding carboxylic acids is 2. The van der Waals surface area contributed by atoms with E-state index in [0.717, 1.165) is 64.5 Å². The average molecular weight is 790 g/mol. The zero-order valence-corrected chi connectivity index (χ0v) is 32.7. The van der Waals surface area contributed by atoms with Gasteiger partial charge in [0.05, 0.1) is 31.6 Å². The van der Waals surface area contributed by atoms with Crippen molar-refractivity contribution in [3.63, 3.8) is 0 Å². The van der Waals surface area contributed by atoms with Crippen molar-refractivity contribution in [1.29, 1.82) is 0 Å². The number of ketones is 1. The lowest BCUT2D eigenvalue weighted by molar-refractivity contribution is -0.155. The standard InChI is InChI=1S/C47H51NO10/c1-56-42-25-35-34(24-41(42)54)37-21-28-12-11-27-20-29(50)13-14-31(27)46(28)36(35)22-30(51)23-44(40(53)18-26-10-15-39(52)43(19-26)57-17-16-49)58-45(55)9-5-3-7-33-32-6-2-4-8-38(32)48-47(33)37/h2,4,6,8,10,15,19,21,24-25,27-29,31,36,40,44,46,48-50,52-54H,7,9,11-14,16-18,20,22-23H2,1H3. The van der Waals surface area contributed by atoms with Gasteiger partial charge in [0.25, 0.3) is 0 Å². The third kappa shape index (κ3) is 7.93. The number of fused-ring (bicyclic) bond motifs is 8. The number of aromatic hydroxyl groups is 2. The molecule has 3 aromatic carbocycles. The lowest BCUT2D eigenvalue weighted by atomic mass is 9.56. The fourth-order valence-corrected chi connectivity index (χ4v) is 10.3. The van der Waals surface area contributed by atoms with Crippen molar-refractivity contribution in [2.24, 2.45) is 23.7 Å². The van der Waals surface area contributed by atoms with Crippen LogP contribution in [0.25, 0.3) is 16.5 Å². The summed E-state index contributed by atoms with van der Waals surface area (Å²) in [4.78, 5) is 31.7. The van der Waals surface area contributed by atoms with E-state index in [0.29, 0.717) is 30.1 Å². The number of aliphatic hydroxyl groups excluding tert-OH is 3. The number of phenolic OH excluding ortho intramolecular Hbond substituents is 2. The number of aromatic amines is 1. The monoisotopic (exact) mass is 789 g/mol. The van der Waals surface area contributed by atoms with E-state index in [1.165, 1.54) is 13.2 Å². The van der Waals surface area contributed by atoms with E-state index in [1.807, 2.05) is 30.3 Å². The van der Waals surface area contributed by atoms with Crippen LogP contribution in [0.5, 0.6) is 23.0 Å². The molecule has 1 aromatic heterocycles.